The van der Waals surface area contributed by atoms with Crippen LogP contribution in [0.5, 0.6) is 0 Å². The maximum atomic E-state index is 3.68. The molecule has 0 fully saturated rings. The van der Waals surface area contributed by atoms with Gasteiger partial charge >= 0.3 is 0 Å². The van der Waals surface area contributed by atoms with Gasteiger partial charge in [0.05, 0.1) is 5.52 Å². The van der Waals surface area contributed by atoms with Gasteiger partial charge in [-0.15, -0.1) is 0 Å². The Morgan fingerprint density at radius 2 is 1.19 bits per heavy atom. The SMILES string of the molecule is c1ccc2c(-c3ccc4c(c3)[nH]c3c5ccccc5ccc43)cccc2c1. The molecule has 0 unspecified atom stereocenters. The van der Waals surface area contributed by atoms with Gasteiger partial charge in [-0.25, -0.2) is 0 Å². The van der Waals surface area contributed by atoms with Gasteiger partial charge in [0, 0.05) is 21.7 Å². The third-order valence-corrected chi connectivity index (χ3v) is 5.60. The average Bonchev–Trinajstić information content (AvgIpc) is 3.11. The minimum Gasteiger partial charge on any atom is -0.354 e. The van der Waals surface area contributed by atoms with E-state index in [9.17, 15) is 0 Å². The van der Waals surface area contributed by atoms with E-state index in [-0.39, 0.29) is 0 Å². The Labute approximate surface area is 156 Å². The molecule has 0 amide bonds. The molecule has 0 saturated heterocycles. The summed E-state index contributed by atoms with van der Waals surface area (Å²) in [7, 11) is 0. The Morgan fingerprint density at radius 1 is 0.481 bits per heavy atom. The lowest BCUT2D eigenvalue weighted by molar-refractivity contribution is 1.56. The van der Waals surface area contributed by atoms with Gasteiger partial charge in [0.15, 0.2) is 0 Å². The smallest absolute Gasteiger partial charge is 0.0544 e. The van der Waals surface area contributed by atoms with Gasteiger partial charge in [0.2, 0.25) is 0 Å². The first-order valence-corrected chi connectivity index (χ1v) is 9.30. The van der Waals surface area contributed by atoms with Gasteiger partial charge < -0.3 is 4.98 Å². The van der Waals surface area contributed by atoms with Crippen molar-refractivity contribution in [1.82, 2.24) is 4.98 Å². The number of hydrogen-bond donors (Lipinski definition) is 1. The van der Waals surface area contributed by atoms with Crippen molar-refractivity contribution >= 4 is 43.4 Å². The molecule has 0 saturated carbocycles. The molecule has 0 atom stereocenters. The summed E-state index contributed by atoms with van der Waals surface area (Å²) in [4.78, 5) is 3.68. The second kappa shape index (κ2) is 5.46. The zero-order chi connectivity index (χ0) is 17.8. The summed E-state index contributed by atoms with van der Waals surface area (Å²) in [5.74, 6) is 0. The number of aromatic nitrogens is 1. The van der Waals surface area contributed by atoms with E-state index < -0.39 is 0 Å². The molecule has 0 spiro atoms. The Hall–Kier alpha value is -3.58. The monoisotopic (exact) mass is 343 g/mol. The van der Waals surface area contributed by atoms with E-state index in [1.165, 1.54) is 54.5 Å². The maximum absolute atomic E-state index is 3.68. The summed E-state index contributed by atoms with van der Waals surface area (Å²) >= 11 is 0. The normalized spacial score (nSPS) is 11.7. The standard InChI is InChI=1S/C26H17N/c1-3-9-20-17(6-1)8-5-11-21(20)19-13-14-23-24-15-12-18-7-2-4-10-22(18)26(24)27-25(23)16-19/h1-16,27H. The fraction of sp³-hybridized carbons (Fsp3) is 0. The Balaban J connectivity index is 1.66. The fourth-order valence-corrected chi connectivity index (χ4v) is 4.29. The lowest BCUT2D eigenvalue weighted by atomic mass is 9.97. The van der Waals surface area contributed by atoms with Crippen LogP contribution < -0.4 is 0 Å². The van der Waals surface area contributed by atoms with Crippen molar-refractivity contribution < 1.29 is 0 Å². The van der Waals surface area contributed by atoms with Crippen LogP contribution in [0.2, 0.25) is 0 Å². The first-order valence-electron chi connectivity index (χ1n) is 9.30. The quantitative estimate of drug-likeness (QED) is 0.322. The minimum absolute atomic E-state index is 1.19. The molecule has 0 aliphatic rings. The third-order valence-electron chi connectivity index (χ3n) is 5.60. The largest absolute Gasteiger partial charge is 0.354 e. The second-order valence-corrected chi connectivity index (χ2v) is 7.12. The van der Waals surface area contributed by atoms with E-state index >= 15 is 0 Å². The molecule has 1 aromatic heterocycles. The minimum atomic E-state index is 1.19. The van der Waals surface area contributed by atoms with Crippen molar-refractivity contribution in [3.63, 3.8) is 0 Å². The highest BCUT2D eigenvalue weighted by molar-refractivity contribution is 6.17. The molecular formula is C26H17N. The van der Waals surface area contributed by atoms with E-state index in [1.54, 1.807) is 0 Å². The Morgan fingerprint density at radius 3 is 2.07 bits per heavy atom. The number of H-pyrrole nitrogens is 1. The Bertz CT molecular complexity index is 1460. The molecule has 1 heterocycles. The number of aromatic amines is 1. The van der Waals surface area contributed by atoms with Crippen LogP contribution >= 0.6 is 0 Å². The highest BCUT2D eigenvalue weighted by Gasteiger charge is 2.10. The summed E-state index contributed by atoms with van der Waals surface area (Å²) in [5, 5.41) is 7.68. The van der Waals surface area contributed by atoms with Crippen molar-refractivity contribution in [2.75, 3.05) is 0 Å². The van der Waals surface area contributed by atoms with Crippen LogP contribution in [-0.2, 0) is 0 Å². The summed E-state index contributed by atoms with van der Waals surface area (Å²) in [6, 6.07) is 34.9. The average molecular weight is 343 g/mol. The van der Waals surface area contributed by atoms with Crippen molar-refractivity contribution in [1.29, 1.82) is 0 Å². The van der Waals surface area contributed by atoms with E-state index in [1.807, 2.05) is 0 Å². The zero-order valence-corrected chi connectivity index (χ0v) is 14.7. The molecule has 6 rings (SSSR count). The molecule has 0 bridgehead atoms. The molecule has 1 heteroatoms. The highest BCUT2D eigenvalue weighted by atomic mass is 14.7. The van der Waals surface area contributed by atoms with Crippen molar-refractivity contribution in [3.05, 3.63) is 97.1 Å². The molecule has 126 valence electrons. The number of fused-ring (bicyclic) bond motifs is 6. The van der Waals surface area contributed by atoms with Gasteiger partial charge in [0.25, 0.3) is 0 Å². The second-order valence-electron chi connectivity index (χ2n) is 7.12. The van der Waals surface area contributed by atoms with E-state index in [2.05, 4.69) is 102 Å². The van der Waals surface area contributed by atoms with Crippen molar-refractivity contribution in [3.8, 4) is 11.1 Å². The van der Waals surface area contributed by atoms with Crippen LogP contribution in [0.15, 0.2) is 97.1 Å². The Kier molecular flexibility index (Phi) is 2.95. The van der Waals surface area contributed by atoms with E-state index in [0.717, 1.165) is 0 Å². The zero-order valence-electron chi connectivity index (χ0n) is 14.7. The van der Waals surface area contributed by atoms with Crippen LogP contribution in [0, 0.1) is 0 Å². The number of nitrogens with one attached hydrogen (secondary N) is 1. The van der Waals surface area contributed by atoms with Crippen molar-refractivity contribution in [2.24, 2.45) is 0 Å². The van der Waals surface area contributed by atoms with Gasteiger partial charge in [-0.3, -0.25) is 0 Å². The molecule has 0 aliphatic carbocycles. The van der Waals surface area contributed by atoms with Crippen LogP contribution in [0.4, 0.5) is 0 Å². The lowest BCUT2D eigenvalue weighted by Crippen LogP contribution is -1.81. The number of benzene rings is 5. The van der Waals surface area contributed by atoms with Crippen molar-refractivity contribution in [2.45, 2.75) is 0 Å². The first-order chi connectivity index (χ1) is 13.4. The van der Waals surface area contributed by atoms with Gasteiger partial charge in [-0.1, -0.05) is 91.0 Å². The fourth-order valence-electron chi connectivity index (χ4n) is 4.29. The molecule has 1 nitrogen and oxygen atoms in total. The molecular weight excluding hydrogens is 326 g/mol. The molecule has 27 heavy (non-hydrogen) atoms. The van der Waals surface area contributed by atoms with Crippen LogP contribution in [0.25, 0.3) is 54.5 Å². The number of rotatable bonds is 1. The summed E-state index contributed by atoms with van der Waals surface area (Å²) in [5.41, 5.74) is 4.93. The molecule has 6 aromatic rings. The maximum Gasteiger partial charge on any atom is 0.0544 e. The molecule has 5 aromatic carbocycles. The highest BCUT2D eigenvalue weighted by Crippen LogP contribution is 2.35. The topological polar surface area (TPSA) is 15.8 Å². The summed E-state index contributed by atoms with van der Waals surface area (Å²) < 4.78 is 0. The predicted molar refractivity (Wildman–Crippen MR) is 116 cm³/mol. The molecule has 1 N–H and O–H groups in total. The lowest BCUT2D eigenvalue weighted by Gasteiger charge is -2.07. The molecule has 0 aliphatic heterocycles. The van der Waals surface area contributed by atoms with Crippen LogP contribution in [0.3, 0.4) is 0 Å². The van der Waals surface area contributed by atoms with Gasteiger partial charge in [-0.2, -0.15) is 0 Å². The molecule has 0 radical (unpaired) electrons. The predicted octanol–water partition coefficient (Wildman–Crippen LogP) is 7.29. The summed E-state index contributed by atoms with van der Waals surface area (Å²) in [6.07, 6.45) is 0. The van der Waals surface area contributed by atoms with Crippen LogP contribution in [0.1, 0.15) is 0 Å². The van der Waals surface area contributed by atoms with E-state index in [0.29, 0.717) is 0 Å². The van der Waals surface area contributed by atoms with E-state index in [4.69, 9.17) is 0 Å². The number of hydrogen-bond acceptors (Lipinski definition) is 0. The van der Waals surface area contributed by atoms with Gasteiger partial charge in [0.1, 0.15) is 0 Å². The first kappa shape index (κ1) is 14.6. The van der Waals surface area contributed by atoms with Crippen LogP contribution in [-0.4, -0.2) is 4.98 Å². The third kappa shape index (κ3) is 2.12. The van der Waals surface area contributed by atoms with Gasteiger partial charge in [-0.05, 0) is 33.4 Å². The summed E-state index contributed by atoms with van der Waals surface area (Å²) in [6.45, 7) is 0.